The molecule has 0 fully saturated rings. The Bertz CT molecular complexity index is 1080. The predicted octanol–water partition coefficient (Wildman–Crippen LogP) is 2.45. The summed E-state index contributed by atoms with van der Waals surface area (Å²) in [5, 5.41) is 2.76. The molecule has 8 nitrogen and oxygen atoms in total. The molecule has 2 heterocycles. The van der Waals surface area contributed by atoms with Crippen LogP contribution in [0.1, 0.15) is 36.1 Å². The number of carbonyl (C=O) groups is 1. The molecule has 138 valence electrons. The van der Waals surface area contributed by atoms with E-state index in [1.165, 1.54) is 23.9 Å². The Kier molecular flexibility index (Phi) is 4.59. The van der Waals surface area contributed by atoms with Crippen molar-refractivity contribution >= 4 is 32.7 Å². The summed E-state index contributed by atoms with van der Waals surface area (Å²) in [6.45, 7) is 3.97. The van der Waals surface area contributed by atoms with Crippen LogP contribution in [0.2, 0.25) is 0 Å². The van der Waals surface area contributed by atoms with E-state index in [0.29, 0.717) is 22.7 Å². The minimum absolute atomic E-state index is 0.0289. The molecular formula is C17H20N4O4S. The first kappa shape index (κ1) is 18.2. The van der Waals surface area contributed by atoms with Crippen LogP contribution in [0.4, 0.5) is 5.69 Å². The van der Waals surface area contributed by atoms with Crippen LogP contribution in [0, 0.1) is 0 Å². The summed E-state index contributed by atoms with van der Waals surface area (Å²) in [6.07, 6.45) is 1.39. The zero-order valence-electron chi connectivity index (χ0n) is 14.9. The molecule has 2 aromatic heterocycles. The van der Waals surface area contributed by atoms with Gasteiger partial charge >= 0.3 is 0 Å². The fraction of sp³-hybridized carbons (Fsp3) is 0.294. The Balaban J connectivity index is 1.87. The number of oxazole rings is 1. The number of fused-ring (bicyclic) bond motifs is 1. The summed E-state index contributed by atoms with van der Waals surface area (Å²) in [5.41, 5.74) is 2.07. The van der Waals surface area contributed by atoms with E-state index >= 15 is 0 Å². The Morgan fingerprint density at radius 1 is 1.27 bits per heavy atom. The average molecular weight is 376 g/mol. The standard InChI is InChI=1S/C17H20N4O4S/c1-10(2)17-20-13-7-11(5-6-15(13)25-17)19-16(22)14-8-12(9-21(14)4)26(23,24)18-3/h5-10,18H,1-4H3,(H,19,22). The van der Waals surface area contributed by atoms with Crippen molar-refractivity contribution in [2.24, 2.45) is 7.05 Å². The number of hydrogen-bond donors (Lipinski definition) is 2. The Hall–Kier alpha value is -2.65. The monoisotopic (exact) mass is 376 g/mol. The summed E-state index contributed by atoms with van der Waals surface area (Å²) in [7, 11) is -0.683. The Labute approximate surface area is 151 Å². The third-order valence-electron chi connectivity index (χ3n) is 3.95. The molecule has 0 saturated heterocycles. The minimum atomic E-state index is -3.61. The third-order valence-corrected chi connectivity index (χ3v) is 5.33. The van der Waals surface area contributed by atoms with Gasteiger partial charge in [-0.2, -0.15) is 0 Å². The van der Waals surface area contributed by atoms with Crippen LogP contribution in [0.3, 0.4) is 0 Å². The topological polar surface area (TPSA) is 106 Å². The highest BCUT2D eigenvalue weighted by Crippen LogP contribution is 2.24. The summed E-state index contributed by atoms with van der Waals surface area (Å²) in [5.74, 6) is 0.376. The number of rotatable bonds is 5. The van der Waals surface area contributed by atoms with Crippen molar-refractivity contribution in [3.63, 3.8) is 0 Å². The smallest absolute Gasteiger partial charge is 0.272 e. The van der Waals surface area contributed by atoms with Gasteiger partial charge in [0.2, 0.25) is 10.0 Å². The number of aromatic nitrogens is 2. The van der Waals surface area contributed by atoms with Crippen LogP contribution in [0.5, 0.6) is 0 Å². The summed E-state index contributed by atoms with van der Waals surface area (Å²) < 4.78 is 33.1. The molecule has 3 aromatic rings. The van der Waals surface area contributed by atoms with E-state index < -0.39 is 15.9 Å². The lowest BCUT2D eigenvalue weighted by Crippen LogP contribution is -2.18. The van der Waals surface area contributed by atoms with Crippen molar-refractivity contribution in [2.75, 3.05) is 12.4 Å². The van der Waals surface area contributed by atoms with Gasteiger partial charge in [-0.25, -0.2) is 18.1 Å². The molecule has 26 heavy (non-hydrogen) atoms. The highest BCUT2D eigenvalue weighted by molar-refractivity contribution is 7.89. The van der Waals surface area contributed by atoms with Crippen LogP contribution in [-0.2, 0) is 17.1 Å². The highest BCUT2D eigenvalue weighted by atomic mass is 32.2. The molecule has 1 amide bonds. The van der Waals surface area contributed by atoms with Crippen molar-refractivity contribution in [1.29, 1.82) is 0 Å². The van der Waals surface area contributed by atoms with Gasteiger partial charge in [-0.05, 0) is 31.3 Å². The summed E-state index contributed by atoms with van der Waals surface area (Å²) in [6, 6.07) is 6.50. The van der Waals surface area contributed by atoms with Gasteiger partial charge in [-0.1, -0.05) is 13.8 Å². The zero-order valence-corrected chi connectivity index (χ0v) is 15.7. The molecule has 0 aliphatic rings. The lowest BCUT2D eigenvalue weighted by atomic mass is 10.2. The van der Waals surface area contributed by atoms with Gasteiger partial charge in [-0.15, -0.1) is 0 Å². The first-order chi connectivity index (χ1) is 12.2. The van der Waals surface area contributed by atoms with Crippen LogP contribution in [0.15, 0.2) is 39.8 Å². The maximum atomic E-state index is 12.5. The molecule has 0 radical (unpaired) electrons. The molecule has 3 rings (SSSR count). The average Bonchev–Trinajstić information content (AvgIpc) is 3.18. The maximum Gasteiger partial charge on any atom is 0.272 e. The van der Waals surface area contributed by atoms with Crippen molar-refractivity contribution < 1.29 is 17.6 Å². The number of aryl methyl sites for hydroxylation is 1. The van der Waals surface area contributed by atoms with E-state index in [9.17, 15) is 13.2 Å². The second-order valence-electron chi connectivity index (χ2n) is 6.22. The SMILES string of the molecule is CNS(=O)(=O)c1cc(C(=O)Nc2ccc3oc(C(C)C)nc3c2)n(C)c1. The number of benzene rings is 1. The van der Waals surface area contributed by atoms with E-state index in [2.05, 4.69) is 15.0 Å². The van der Waals surface area contributed by atoms with E-state index in [4.69, 9.17) is 4.42 Å². The Morgan fingerprint density at radius 2 is 2.00 bits per heavy atom. The number of sulfonamides is 1. The Morgan fingerprint density at radius 3 is 2.65 bits per heavy atom. The zero-order chi connectivity index (χ0) is 19.1. The minimum Gasteiger partial charge on any atom is -0.440 e. The molecule has 0 aliphatic heterocycles. The fourth-order valence-electron chi connectivity index (χ4n) is 2.49. The molecule has 0 unspecified atom stereocenters. The molecule has 0 bridgehead atoms. The largest absolute Gasteiger partial charge is 0.440 e. The molecular weight excluding hydrogens is 356 g/mol. The number of hydrogen-bond acceptors (Lipinski definition) is 5. The van der Waals surface area contributed by atoms with Gasteiger partial charge in [0.15, 0.2) is 11.5 Å². The van der Waals surface area contributed by atoms with E-state index in [1.54, 1.807) is 25.2 Å². The molecule has 0 atom stereocenters. The number of amides is 1. The normalized spacial score (nSPS) is 12.0. The van der Waals surface area contributed by atoms with Crippen molar-refractivity contribution in [3.8, 4) is 0 Å². The van der Waals surface area contributed by atoms with E-state index in [-0.39, 0.29) is 16.5 Å². The second-order valence-corrected chi connectivity index (χ2v) is 8.11. The van der Waals surface area contributed by atoms with Crippen LogP contribution >= 0.6 is 0 Å². The fourth-order valence-corrected chi connectivity index (χ4v) is 3.29. The van der Waals surface area contributed by atoms with Gasteiger partial charge in [0.25, 0.3) is 5.91 Å². The first-order valence-corrected chi connectivity index (χ1v) is 9.51. The van der Waals surface area contributed by atoms with Gasteiger partial charge in [0.05, 0.1) is 0 Å². The van der Waals surface area contributed by atoms with Gasteiger partial charge < -0.3 is 14.3 Å². The molecule has 1 aromatic carbocycles. The predicted molar refractivity (Wildman–Crippen MR) is 97.7 cm³/mol. The number of anilines is 1. The van der Waals surface area contributed by atoms with Crippen molar-refractivity contribution in [2.45, 2.75) is 24.7 Å². The maximum absolute atomic E-state index is 12.5. The van der Waals surface area contributed by atoms with Crippen LogP contribution < -0.4 is 10.0 Å². The quantitative estimate of drug-likeness (QED) is 0.711. The highest BCUT2D eigenvalue weighted by Gasteiger charge is 2.19. The first-order valence-electron chi connectivity index (χ1n) is 8.03. The molecule has 0 spiro atoms. The number of carbonyl (C=O) groups excluding carboxylic acids is 1. The second kappa shape index (κ2) is 6.58. The van der Waals surface area contributed by atoms with Gasteiger partial charge in [-0.3, -0.25) is 4.79 Å². The number of nitrogens with zero attached hydrogens (tertiary/aromatic N) is 2. The van der Waals surface area contributed by atoms with Crippen molar-refractivity contribution in [3.05, 3.63) is 42.0 Å². The van der Waals surface area contributed by atoms with Crippen LogP contribution in [-0.4, -0.2) is 30.9 Å². The molecule has 0 aliphatic carbocycles. The molecule has 0 saturated carbocycles. The third kappa shape index (κ3) is 3.35. The van der Waals surface area contributed by atoms with E-state index in [0.717, 1.165) is 0 Å². The van der Waals surface area contributed by atoms with Crippen LogP contribution in [0.25, 0.3) is 11.1 Å². The molecule has 9 heteroatoms. The lowest BCUT2D eigenvalue weighted by Gasteiger charge is -2.05. The van der Waals surface area contributed by atoms with Gasteiger partial charge in [0.1, 0.15) is 16.1 Å². The van der Waals surface area contributed by atoms with Crippen molar-refractivity contribution in [1.82, 2.24) is 14.3 Å². The summed E-state index contributed by atoms with van der Waals surface area (Å²) >= 11 is 0. The summed E-state index contributed by atoms with van der Waals surface area (Å²) in [4.78, 5) is 17.0. The number of nitrogens with one attached hydrogen (secondary N) is 2. The molecule has 2 N–H and O–H groups in total. The van der Waals surface area contributed by atoms with E-state index in [1.807, 2.05) is 13.8 Å². The lowest BCUT2D eigenvalue weighted by molar-refractivity contribution is 0.101. The van der Waals surface area contributed by atoms with Gasteiger partial charge in [0, 0.05) is 24.8 Å².